The molecule has 0 aliphatic carbocycles. The van der Waals surface area contributed by atoms with Gasteiger partial charge in [-0.1, -0.05) is 35.9 Å². The molecule has 0 unspecified atom stereocenters. The average molecular weight is 448 g/mol. The molecule has 0 saturated carbocycles. The summed E-state index contributed by atoms with van der Waals surface area (Å²) >= 11 is 12.6. The molecule has 0 saturated heterocycles. The van der Waals surface area contributed by atoms with Crippen LogP contribution >= 0.6 is 35.2 Å². The molecule has 6 nitrogen and oxygen atoms in total. The smallest absolute Gasteiger partial charge is 0.276 e. The first-order chi connectivity index (χ1) is 13.8. The molecule has 2 aromatic carbocycles. The summed E-state index contributed by atoms with van der Waals surface area (Å²) in [6.07, 6.45) is 0. The van der Waals surface area contributed by atoms with Gasteiger partial charge >= 0.3 is 0 Å². The van der Waals surface area contributed by atoms with Crippen LogP contribution in [0, 0.1) is 13.8 Å². The van der Waals surface area contributed by atoms with E-state index in [9.17, 15) is 9.59 Å². The second-order valence-electron chi connectivity index (χ2n) is 6.31. The van der Waals surface area contributed by atoms with Gasteiger partial charge in [0.25, 0.3) is 11.8 Å². The minimum Gasteiger partial charge on any atom is -0.484 e. The molecular formula is C20H18ClN3O3S2. The third kappa shape index (κ3) is 5.44. The Labute approximate surface area is 182 Å². The largest absolute Gasteiger partial charge is 0.484 e. The van der Waals surface area contributed by atoms with Crippen LogP contribution in [0.25, 0.3) is 10.1 Å². The highest BCUT2D eigenvalue weighted by molar-refractivity contribution is 7.80. The van der Waals surface area contributed by atoms with E-state index in [-0.39, 0.29) is 11.7 Å². The van der Waals surface area contributed by atoms with Gasteiger partial charge in [0.2, 0.25) is 0 Å². The van der Waals surface area contributed by atoms with E-state index in [1.165, 1.54) is 11.3 Å². The summed E-state index contributed by atoms with van der Waals surface area (Å²) in [5.41, 5.74) is 6.94. The minimum absolute atomic E-state index is 0.0525. The van der Waals surface area contributed by atoms with Crippen molar-refractivity contribution < 1.29 is 14.3 Å². The third-order valence-corrected chi connectivity index (χ3v) is 5.73. The predicted molar refractivity (Wildman–Crippen MR) is 120 cm³/mol. The van der Waals surface area contributed by atoms with Crippen LogP contribution in [0.15, 0.2) is 42.5 Å². The molecule has 0 atom stereocenters. The van der Waals surface area contributed by atoms with Crippen molar-refractivity contribution in [3.05, 3.63) is 63.5 Å². The highest BCUT2D eigenvalue weighted by atomic mass is 35.5. The molecule has 2 amide bonds. The van der Waals surface area contributed by atoms with Crippen molar-refractivity contribution >= 4 is 62.2 Å². The summed E-state index contributed by atoms with van der Waals surface area (Å²) in [7, 11) is 0. The van der Waals surface area contributed by atoms with E-state index in [0.717, 1.165) is 21.2 Å². The number of hydrogen-bond acceptors (Lipinski definition) is 5. The number of thiocarbonyl (C=S) groups is 1. The number of ether oxygens (including phenoxy) is 1. The fourth-order valence-electron chi connectivity index (χ4n) is 2.68. The standard InChI is InChI=1S/C20H18ClN3O3S2/c1-11-7-12(2)9-13(8-11)27-10-16(25)23-24-20(28)22-19(26)18-17(21)14-5-3-4-6-15(14)29-18/h3-9H,10H2,1-2H3,(H,23,25)(H2,22,24,26,28). The van der Waals surface area contributed by atoms with Crippen molar-refractivity contribution in [1.29, 1.82) is 0 Å². The molecular weight excluding hydrogens is 430 g/mol. The molecule has 1 aromatic heterocycles. The van der Waals surface area contributed by atoms with Crippen molar-refractivity contribution in [2.75, 3.05) is 6.61 Å². The first kappa shape index (κ1) is 21.0. The van der Waals surface area contributed by atoms with Crippen molar-refractivity contribution in [2.24, 2.45) is 0 Å². The van der Waals surface area contributed by atoms with Gasteiger partial charge in [-0.2, -0.15) is 0 Å². The summed E-state index contributed by atoms with van der Waals surface area (Å²) < 4.78 is 6.36. The van der Waals surface area contributed by atoms with E-state index in [4.69, 9.17) is 28.6 Å². The first-order valence-electron chi connectivity index (χ1n) is 8.62. The van der Waals surface area contributed by atoms with Gasteiger partial charge in [0, 0.05) is 10.1 Å². The molecule has 1 heterocycles. The zero-order valence-corrected chi connectivity index (χ0v) is 18.1. The van der Waals surface area contributed by atoms with Crippen molar-refractivity contribution in [2.45, 2.75) is 13.8 Å². The van der Waals surface area contributed by atoms with Crippen molar-refractivity contribution in [3.63, 3.8) is 0 Å². The molecule has 3 rings (SSSR count). The lowest BCUT2D eigenvalue weighted by molar-refractivity contribution is -0.123. The molecule has 0 aliphatic rings. The monoisotopic (exact) mass is 447 g/mol. The van der Waals surface area contributed by atoms with E-state index >= 15 is 0 Å². The second-order valence-corrected chi connectivity index (χ2v) is 8.15. The maximum atomic E-state index is 12.4. The molecule has 3 aromatic rings. The van der Waals surface area contributed by atoms with Gasteiger partial charge < -0.3 is 4.74 Å². The number of carbonyl (C=O) groups excluding carboxylic acids is 2. The molecule has 9 heteroatoms. The van der Waals surface area contributed by atoms with Crippen LogP contribution in [0.1, 0.15) is 20.8 Å². The normalized spacial score (nSPS) is 10.4. The van der Waals surface area contributed by atoms with Crippen LogP contribution in [0.3, 0.4) is 0 Å². The summed E-state index contributed by atoms with van der Waals surface area (Å²) in [5.74, 6) is -0.289. The number of aryl methyl sites for hydroxylation is 2. The number of amides is 2. The predicted octanol–water partition coefficient (Wildman–Crippen LogP) is 3.89. The molecule has 0 radical (unpaired) electrons. The number of hydrogen-bond donors (Lipinski definition) is 3. The molecule has 3 N–H and O–H groups in total. The Balaban J connectivity index is 1.49. The molecule has 0 bridgehead atoms. The Morgan fingerprint density at radius 1 is 1.10 bits per heavy atom. The van der Waals surface area contributed by atoms with Crippen LogP contribution in [0.2, 0.25) is 5.02 Å². The van der Waals surface area contributed by atoms with Crippen LogP contribution in [-0.4, -0.2) is 23.5 Å². The number of carbonyl (C=O) groups is 2. The fourth-order valence-corrected chi connectivity index (χ4v) is 4.23. The van der Waals surface area contributed by atoms with E-state index in [2.05, 4.69) is 16.2 Å². The zero-order chi connectivity index (χ0) is 21.0. The van der Waals surface area contributed by atoms with E-state index < -0.39 is 11.8 Å². The lowest BCUT2D eigenvalue weighted by atomic mass is 10.1. The summed E-state index contributed by atoms with van der Waals surface area (Å²) in [4.78, 5) is 24.7. The zero-order valence-electron chi connectivity index (χ0n) is 15.7. The SMILES string of the molecule is Cc1cc(C)cc(OCC(=O)NNC(=S)NC(=O)c2sc3ccccc3c2Cl)c1. The maximum absolute atomic E-state index is 12.4. The number of thiophene rings is 1. The quantitative estimate of drug-likeness (QED) is 0.417. The van der Waals surface area contributed by atoms with Crippen molar-refractivity contribution in [3.8, 4) is 5.75 Å². The van der Waals surface area contributed by atoms with Gasteiger partial charge in [0.15, 0.2) is 11.7 Å². The van der Waals surface area contributed by atoms with Gasteiger partial charge in [-0.15, -0.1) is 11.3 Å². The van der Waals surface area contributed by atoms with Crippen LogP contribution in [0.5, 0.6) is 5.75 Å². The highest BCUT2D eigenvalue weighted by Gasteiger charge is 2.18. The number of benzene rings is 2. The molecule has 0 aliphatic heterocycles. The number of halogens is 1. The van der Waals surface area contributed by atoms with Gasteiger partial charge in [-0.3, -0.25) is 25.8 Å². The van der Waals surface area contributed by atoms with E-state index in [1.807, 2.05) is 56.3 Å². The summed E-state index contributed by atoms with van der Waals surface area (Å²) in [6.45, 7) is 3.70. The number of hydrazine groups is 1. The first-order valence-corrected chi connectivity index (χ1v) is 10.2. The average Bonchev–Trinajstić information content (AvgIpc) is 3.01. The maximum Gasteiger partial charge on any atom is 0.276 e. The highest BCUT2D eigenvalue weighted by Crippen LogP contribution is 2.34. The second kappa shape index (κ2) is 9.21. The number of fused-ring (bicyclic) bond motifs is 1. The van der Waals surface area contributed by atoms with E-state index in [1.54, 1.807) is 0 Å². The van der Waals surface area contributed by atoms with Crippen LogP contribution < -0.4 is 20.9 Å². The Morgan fingerprint density at radius 3 is 2.48 bits per heavy atom. The van der Waals surface area contributed by atoms with E-state index in [0.29, 0.717) is 15.6 Å². The minimum atomic E-state index is -0.450. The lowest BCUT2D eigenvalue weighted by Crippen LogP contribution is -2.49. The molecule has 29 heavy (non-hydrogen) atoms. The Hall–Kier alpha value is -2.68. The third-order valence-electron chi connectivity index (χ3n) is 3.85. The summed E-state index contributed by atoms with van der Waals surface area (Å²) in [5, 5.41) is 3.62. The van der Waals surface area contributed by atoms with Gasteiger partial charge in [-0.25, -0.2) is 0 Å². The van der Waals surface area contributed by atoms with Crippen molar-refractivity contribution in [1.82, 2.24) is 16.2 Å². The van der Waals surface area contributed by atoms with Crippen LogP contribution in [-0.2, 0) is 4.79 Å². The Kier molecular flexibility index (Phi) is 6.68. The molecule has 150 valence electrons. The fraction of sp³-hybridized carbons (Fsp3) is 0.150. The number of nitrogens with one attached hydrogen (secondary N) is 3. The van der Waals surface area contributed by atoms with Gasteiger partial charge in [-0.05, 0) is 55.4 Å². The Bertz CT molecular complexity index is 1080. The Morgan fingerprint density at radius 2 is 1.79 bits per heavy atom. The number of rotatable bonds is 4. The molecule has 0 fully saturated rings. The van der Waals surface area contributed by atoms with Gasteiger partial charge in [0.05, 0.1) is 5.02 Å². The summed E-state index contributed by atoms with van der Waals surface area (Å²) in [6, 6.07) is 13.1. The molecule has 0 spiro atoms. The lowest BCUT2D eigenvalue weighted by Gasteiger charge is -2.11. The topological polar surface area (TPSA) is 79.5 Å². The van der Waals surface area contributed by atoms with Crippen LogP contribution in [0.4, 0.5) is 0 Å². The van der Waals surface area contributed by atoms with Gasteiger partial charge in [0.1, 0.15) is 10.6 Å².